The number of H-pyrrole nitrogens is 1. The number of methoxy groups -OCH3 is 3. The minimum absolute atomic E-state index is 0.309. The van der Waals surface area contributed by atoms with Crippen LogP contribution in [0.25, 0.3) is 0 Å². The van der Waals surface area contributed by atoms with Gasteiger partial charge < -0.3 is 29.4 Å². The molecule has 2 N–H and O–H groups in total. The average Bonchev–Trinajstić information content (AvgIpc) is 3.32. The molecule has 1 aliphatic heterocycles. The lowest BCUT2D eigenvalue weighted by Crippen LogP contribution is -2.43. The number of imidazole rings is 1. The van der Waals surface area contributed by atoms with E-state index in [0.29, 0.717) is 30.0 Å². The van der Waals surface area contributed by atoms with Crippen LogP contribution in [0.5, 0.6) is 11.5 Å². The number of aromatic amines is 1. The predicted molar refractivity (Wildman–Crippen MR) is 117 cm³/mol. The first-order valence-electron chi connectivity index (χ1n) is 10.1. The number of aromatic nitrogens is 2. The van der Waals surface area contributed by atoms with Gasteiger partial charge in [-0.3, -0.25) is 0 Å². The average molecular weight is 436 g/mol. The molecule has 2 amide bonds. The number of urea groups is 1. The number of anilines is 1. The van der Waals surface area contributed by atoms with Crippen molar-refractivity contribution in [1.82, 2.24) is 14.9 Å². The first-order valence-corrected chi connectivity index (χ1v) is 10.1. The number of rotatable bonds is 5. The molecule has 2 heterocycles. The molecule has 0 radical (unpaired) electrons. The van der Waals surface area contributed by atoms with E-state index < -0.39 is 5.97 Å². The van der Waals surface area contributed by atoms with Gasteiger partial charge in [0.2, 0.25) is 0 Å². The van der Waals surface area contributed by atoms with Crippen molar-refractivity contribution in [2.75, 3.05) is 33.2 Å². The number of esters is 1. The van der Waals surface area contributed by atoms with Crippen molar-refractivity contribution in [3.05, 3.63) is 71.3 Å². The number of benzene rings is 2. The number of nitrogens with one attached hydrogen (secondary N) is 2. The minimum Gasteiger partial charge on any atom is -0.497 e. The van der Waals surface area contributed by atoms with Crippen molar-refractivity contribution in [2.24, 2.45) is 0 Å². The van der Waals surface area contributed by atoms with Crippen LogP contribution < -0.4 is 14.8 Å². The Hall–Kier alpha value is -4.01. The normalized spacial score (nSPS) is 15.0. The lowest BCUT2D eigenvalue weighted by atomic mass is 9.96. The second-order valence-corrected chi connectivity index (χ2v) is 7.22. The summed E-state index contributed by atoms with van der Waals surface area (Å²) in [6, 6.07) is 11.6. The van der Waals surface area contributed by atoms with Crippen molar-refractivity contribution >= 4 is 17.7 Å². The lowest BCUT2D eigenvalue weighted by Gasteiger charge is -2.35. The summed E-state index contributed by atoms with van der Waals surface area (Å²) in [5.74, 6) is 0.662. The van der Waals surface area contributed by atoms with Crippen LogP contribution in [-0.4, -0.2) is 54.7 Å². The molecule has 166 valence electrons. The maximum absolute atomic E-state index is 13.4. The Kier molecular flexibility index (Phi) is 5.98. The third-order valence-corrected chi connectivity index (χ3v) is 5.48. The second kappa shape index (κ2) is 9.01. The number of carbonyl (C=O) groups excluding carboxylic acids is 2. The van der Waals surface area contributed by atoms with E-state index >= 15 is 0 Å². The fourth-order valence-corrected chi connectivity index (χ4v) is 3.86. The molecule has 1 atom stereocenters. The molecule has 0 unspecified atom stereocenters. The van der Waals surface area contributed by atoms with E-state index in [-0.39, 0.29) is 12.1 Å². The number of ether oxygens (including phenoxy) is 3. The fraction of sp³-hybridized carbons (Fsp3) is 0.261. The zero-order chi connectivity index (χ0) is 22.7. The van der Waals surface area contributed by atoms with Gasteiger partial charge in [0.1, 0.15) is 17.5 Å². The Morgan fingerprint density at radius 1 is 1.09 bits per heavy atom. The van der Waals surface area contributed by atoms with Gasteiger partial charge in [-0.25, -0.2) is 14.6 Å². The van der Waals surface area contributed by atoms with Crippen LogP contribution in [0.2, 0.25) is 0 Å². The highest BCUT2D eigenvalue weighted by molar-refractivity contribution is 5.95. The lowest BCUT2D eigenvalue weighted by molar-refractivity contribution is 0.0600. The number of nitrogens with zero attached hydrogens (tertiary/aromatic N) is 2. The standard InChI is InChI=1S/C23H24N4O5/c1-30-16-7-4-14(5-8-16)21-20-17(24-13-25-20)10-11-27(21)23(29)26-18-12-15(22(28)32-3)6-9-19(18)31-2/h4-9,12-13,21H,10-11H2,1-3H3,(H,24,25)(H,26,29)/t21-/m0/s1. The summed E-state index contributed by atoms with van der Waals surface area (Å²) in [6.45, 7) is 0.483. The van der Waals surface area contributed by atoms with E-state index in [9.17, 15) is 9.59 Å². The molecule has 0 saturated carbocycles. The highest BCUT2D eigenvalue weighted by Crippen LogP contribution is 2.35. The third-order valence-electron chi connectivity index (χ3n) is 5.48. The summed E-state index contributed by atoms with van der Waals surface area (Å²) in [5, 5.41) is 2.89. The summed E-state index contributed by atoms with van der Waals surface area (Å²) in [7, 11) is 4.41. The van der Waals surface area contributed by atoms with E-state index in [2.05, 4.69) is 15.3 Å². The highest BCUT2D eigenvalue weighted by atomic mass is 16.5. The summed E-state index contributed by atoms with van der Waals surface area (Å²) >= 11 is 0. The van der Waals surface area contributed by atoms with Crippen molar-refractivity contribution in [3.8, 4) is 11.5 Å². The van der Waals surface area contributed by atoms with E-state index in [1.807, 2.05) is 24.3 Å². The van der Waals surface area contributed by atoms with E-state index in [1.54, 1.807) is 30.5 Å². The van der Waals surface area contributed by atoms with Gasteiger partial charge in [0.15, 0.2) is 0 Å². The van der Waals surface area contributed by atoms with Crippen molar-refractivity contribution in [2.45, 2.75) is 12.5 Å². The Morgan fingerprint density at radius 2 is 1.88 bits per heavy atom. The van der Waals surface area contributed by atoms with Gasteiger partial charge in [-0.05, 0) is 35.9 Å². The van der Waals surface area contributed by atoms with Gasteiger partial charge in [0.05, 0.1) is 44.6 Å². The smallest absolute Gasteiger partial charge is 0.337 e. The largest absolute Gasteiger partial charge is 0.497 e. The number of fused-ring (bicyclic) bond motifs is 1. The molecule has 9 heteroatoms. The number of hydrogen-bond acceptors (Lipinski definition) is 6. The maximum Gasteiger partial charge on any atom is 0.337 e. The second-order valence-electron chi connectivity index (χ2n) is 7.22. The molecule has 2 aromatic carbocycles. The first kappa shape index (κ1) is 21.2. The topological polar surface area (TPSA) is 106 Å². The highest BCUT2D eigenvalue weighted by Gasteiger charge is 2.34. The van der Waals surface area contributed by atoms with Crippen LogP contribution in [0.1, 0.15) is 33.4 Å². The summed E-state index contributed by atoms with van der Waals surface area (Å²) in [5.41, 5.74) is 3.39. The molecule has 32 heavy (non-hydrogen) atoms. The van der Waals surface area contributed by atoms with Crippen LogP contribution in [-0.2, 0) is 11.2 Å². The van der Waals surface area contributed by atoms with Gasteiger partial charge in [-0.2, -0.15) is 0 Å². The van der Waals surface area contributed by atoms with Crippen molar-refractivity contribution in [3.63, 3.8) is 0 Å². The third kappa shape index (κ3) is 3.96. The van der Waals surface area contributed by atoms with Crippen LogP contribution >= 0.6 is 0 Å². The fourth-order valence-electron chi connectivity index (χ4n) is 3.86. The molecule has 0 aliphatic carbocycles. The molecule has 0 fully saturated rings. The summed E-state index contributed by atoms with van der Waals surface area (Å²) < 4.78 is 15.4. The SMILES string of the molecule is COC(=O)c1ccc(OC)c(NC(=O)N2CCc3[nH]cnc3[C@@H]2c2ccc(OC)cc2)c1. The summed E-state index contributed by atoms with van der Waals surface area (Å²) in [4.78, 5) is 34.7. The van der Waals surface area contributed by atoms with Gasteiger partial charge in [-0.15, -0.1) is 0 Å². The molecule has 1 aromatic heterocycles. The molecular weight excluding hydrogens is 412 g/mol. The van der Waals surface area contributed by atoms with Gasteiger partial charge in [-0.1, -0.05) is 12.1 Å². The van der Waals surface area contributed by atoms with Crippen molar-refractivity contribution < 1.29 is 23.8 Å². The molecular formula is C23H24N4O5. The van der Waals surface area contributed by atoms with Gasteiger partial charge in [0.25, 0.3) is 0 Å². The van der Waals surface area contributed by atoms with E-state index in [0.717, 1.165) is 22.7 Å². The Labute approximate surface area is 185 Å². The van der Waals surface area contributed by atoms with Crippen LogP contribution in [0.3, 0.4) is 0 Å². The van der Waals surface area contributed by atoms with Gasteiger partial charge in [0, 0.05) is 18.7 Å². The van der Waals surface area contributed by atoms with Crippen LogP contribution in [0.4, 0.5) is 10.5 Å². The zero-order valence-corrected chi connectivity index (χ0v) is 18.0. The minimum atomic E-state index is -0.501. The Morgan fingerprint density at radius 3 is 2.56 bits per heavy atom. The maximum atomic E-state index is 13.4. The monoisotopic (exact) mass is 436 g/mol. The van der Waals surface area contributed by atoms with E-state index in [1.165, 1.54) is 20.3 Å². The molecule has 9 nitrogen and oxygen atoms in total. The molecule has 0 saturated heterocycles. The predicted octanol–water partition coefficient (Wildman–Crippen LogP) is 3.39. The van der Waals surface area contributed by atoms with Crippen molar-refractivity contribution in [1.29, 1.82) is 0 Å². The summed E-state index contributed by atoms with van der Waals surface area (Å²) in [6.07, 6.45) is 2.29. The number of carbonyl (C=O) groups is 2. The number of hydrogen-bond donors (Lipinski definition) is 2. The molecule has 1 aliphatic rings. The molecule has 0 spiro atoms. The van der Waals surface area contributed by atoms with Crippen LogP contribution in [0, 0.1) is 0 Å². The molecule has 3 aromatic rings. The quantitative estimate of drug-likeness (QED) is 0.594. The zero-order valence-electron chi connectivity index (χ0n) is 18.0. The Balaban J connectivity index is 1.67. The first-order chi connectivity index (χ1) is 15.5. The van der Waals surface area contributed by atoms with Gasteiger partial charge >= 0.3 is 12.0 Å². The number of amides is 2. The molecule has 0 bridgehead atoms. The van der Waals surface area contributed by atoms with Crippen LogP contribution in [0.15, 0.2) is 48.8 Å². The Bertz CT molecular complexity index is 1130. The molecule has 4 rings (SSSR count). The van der Waals surface area contributed by atoms with E-state index in [4.69, 9.17) is 14.2 Å².